The summed E-state index contributed by atoms with van der Waals surface area (Å²) in [5.74, 6) is -0.757. The first-order valence-electron chi connectivity index (χ1n) is 12.1. The first-order chi connectivity index (χ1) is 18.2. The van der Waals surface area contributed by atoms with Gasteiger partial charge in [0.05, 0.1) is 27.9 Å². The molecule has 12 heteroatoms. The number of rotatable bonds is 9. The molecule has 0 saturated carbocycles. The molecule has 2 amide bonds. The molecular weight excluding hydrogens is 498 g/mol. The Morgan fingerprint density at radius 2 is 1.29 bits per heavy atom. The molecule has 1 aromatic rings. The zero-order valence-electron chi connectivity index (χ0n) is 21.9. The van der Waals surface area contributed by atoms with Gasteiger partial charge in [-0.05, 0) is 36.6 Å². The van der Waals surface area contributed by atoms with Crippen LogP contribution in [0.25, 0.3) is 6.08 Å². The van der Waals surface area contributed by atoms with E-state index in [4.69, 9.17) is 24.4 Å². The van der Waals surface area contributed by atoms with E-state index in [1.807, 2.05) is 9.80 Å². The average Bonchev–Trinajstić information content (AvgIpc) is 3.46. The van der Waals surface area contributed by atoms with Gasteiger partial charge >= 0.3 is 11.9 Å². The maximum absolute atomic E-state index is 12.6. The zero-order chi connectivity index (χ0) is 28.1. The largest absolute Gasteiger partial charge is 0.493 e. The highest BCUT2D eigenvalue weighted by Gasteiger charge is 2.24. The number of hydrogen-bond donors (Lipinski definition) is 2. The Balaban J connectivity index is 0.000000550. The van der Waals surface area contributed by atoms with Crippen molar-refractivity contribution in [1.29, 1.82) is 0 Å². The van der Waals surface area contributed by atoms with Crippen LogP contribution in [0.2, 0.25) is 0 Å². The van der Waals surface area contributed by atoms with Gasteiger partial charge < -0.3 is 34.2 Å². The lowest BCUT2D eigenvalue weighted by Crippen LogP contribution is -2.51. The number of carboxylic acid groups (broad SMARTS) is 2. The summed E-state index contributed by atoms with van der Waals surface area (Å²) >= 11 is 0. The van der Waals surface area contributed by atoms with E-state index in [9.17, 15) is 19.2 Å². The van der Waals surface area contributed by atoms with Crippen LogP contribution < -0.4 is 14.2 Å². The summed E-state index contributed by atoms with van der Waals surface area (Å²) in [4.78, 5) is 49.9. The van der Waals surface area contributed by atoms with Gasteiger partial charge in [-0.25, -0.2) is 9.59 Å². The van der Waals surface area contributed by atoms with Crippen LogP contribution in [0.3, 0.4) is 0 Å². The number of likely N-dealkylation sites (tertiary alicyclic amines) is 1. The van der Waals surface area contributed by atoms with E-state index in [2.05, 4.69) is 4.90 Å². The number of nitrogens with zero attached hydrogens (tertiary/aromatic N) is 3. The fraction of sp³-hybridized carbons (Fsp3) is 0.462. The molecule has 0 spiro atoms. The molecule has 38 heavy (non-hydrogen) atoms. The lowest BCUT2D eigenvalue weighted by molar-refractivity contribution is -0.134. The Bertz CT molecular complexity index is 999. The number of ether oxygens (including phenoxy) is 3. The predicted octanol–water partition coefficient (Wildman–Crippen LogP) is 1.20. The van der Waals surface area contributed by atoms with Gasteiger partial charge in [0.2, 0.25) is 17.6 Å². The quantitative estimate of drug-likeness (QED) is 0.444. The van der Waals surface area contributed by atoms with Gasteiger partial charge in [0.25, 0.3) is 0 Å². The molecule has 2 aliphatic heterocycles. The van der Waals surface area contributed by atoms with Crippen LogP contribution in [-0.4, -0.2) is 116 Å². The summed E-state index contributed by atoms with van der Waals surface area (Å²) in [5, 5.41) is 15.6. The number of piperazine rings is 1. The maximum atomic E-state index is 12.6. The van der Waals surface area contributed by atoms with Gasteiger partial charge in [-0.2, -0.15) is 0 Å². The van der Waals surface area contributed by atoms with Crippen LogP contribution in [0, 0.1) is 0 Å². The number of carboxylic acids is 2. The van der Waals surface area contributed by atoms with E-state index in [1.54, 1.807) is 45.6 Å². The van der Waals surface area contributed by atoms with Crippen molar-refractivity contribution in [2.24, 2.45) is 0 Å². The number of carbonyl (C=O) groups excluding carboxylic acids is 2. The SMILES string of the molecule is COc1cc(/C=C\C(=O)N2CCN(CC(=O)N3CCCC3)CC2)cc(OC)c1OC.O=C(O)/C=C\C(=O)O. The molecule has 3 rings (SSSR count). The molecule has 2 fully saturated rings. The van der Waals surface area contributed by atoms with Crippen molar-refractivity contribution in [2.45, 2.75) is 12.8 Å². The lowest BCUT2D eigenvalue weighted by atomic mass is 10.1. The second-order valence-corrected chi connectivity index (χ2v) is 8.49. The smallest absolute Gasteiger partial charge is 0.328 e. The molecule has 0 aliphatic carbocycles. The lowest BCUT2D eigenvalue weighted by Gasteiger charge is -2.34. The second kappa shape index (κ2) is 15.3. The number of carbonyl (C=O) groups is 4. The average molecular weight is 534 g/mol. The van der Waals surface area contributed by atoms with Gasteiger partial charge in [0, 0.05) is 57.5 Å². The van der Waals surface area contributed by atoms with Crippen molar-refractivity contribution < 1.29 is 43.6 Å². The number of hydrogen-bond acceptors (Lipinski definition) is 8. The number of aliphatic carboxylic acids is 2. The molecule has 2 N–H and O–H groups in total. The Labute approximate surface area is 221 Å². The van der Waals surface area contributed by atoms with Crippen molar-refractivity contribution in [3.63, 3.8) is 0 Å². The molecular formula is C26H35N3O9. The van der Waals surface area contributed by atoms with Crippen LogP contribution in [0.5, 0.6) is 17.2 Å². The van der Waals surface area contributed by atoms with E-state index in [-0.39, 0.29) is 11.8 Å². The molecule has 0 bridgehead atoms. The summed E-state index contributed by atoms with van der Waals surface area (Å²) in [6, 6.07) is 3.60. The minimum Gasteiger partial charge on any atom is -0.493 e. The molecule has 0 unspecified atom stereocenters. The molecule has 1 aromatic carbocycles. The van der Waals surface area contributed by atoms with Crippen molar-refractivity contribution in [2.75, 3.05) is 67.1 Å². The van der Waals surface area contributed by atoms with Gasteiger partial charge in [0.1, 0.15) is 0 Å². The fourth-order valence-corrected chi connectivity index (χ4v) is 4.00. The van der Waals surface area contributed by atoms with Crippen molar-refractivity contribution >= 4 is 29.8 Å². The Kier molecular flexibility index (Phi) is 12.1. The first-order valence-corrected chi connectivity index (χ1v) is 12.1. The Hall–Kier alpha value is -4.06. The highest BCUT2D eigenvalue weighted by Crippen LogP contribution is 2.38. The third-order valence-electron chi connectivity index (χ3n) is 5.98. The Morgan fingerprint density at radius 1 is 0.763 bits per heavy atom. The normalized spacial score (nSPS) is 15.8. The van der Waals surface area contributed by atoms with E-state index in [0.717, 1.165) is 31.5 Å². The molecule has 12 nitrogen and oxygen atoms in total. The van der Waals surface area contributed by atoms with E-state index >= 15 is 0 Å². The predicted molar refractivity (Wildman–Crippen MR) is 138 cm³/mol. The number of methoxy groups -OCH3 is 3. The minimum absolute atomic E-state index is 0.0470. The summed E-state index contributed by atoms with van der Waals surface area (Å²) in [6.07, 6.45) is 6.63. The fourth-order valence-electron chi connectivity index (χ4n) is 4.00. The van der Waals surface area contributed by atoms with Crippen LogP contribution in [0.4, 0.5) is 0 Å². The van der Waals surface area contributed by atoms with E-state index in [0.29, 0.717) is 62.1 Å². The molecule has 0 radical (unpaired) electrons. The monoisotopic (exact) mass is 533 g/mol. The molecule has 2 aliphatic rings. The van der Waals surface area contributed by atoms with E-state index < -0.39 is 11.9 Å². The van der Waals surface area contributed by atoms with Crippen molar-refractivity contribution in [1.82, 2.24) is 14.7 Å². The molecule has 2 saturated heterocycles. The molecule has 208 valence electrons. The zero-order valence-corrected chi connectivity index (χ0v) is 21.9. The highest BCUT2D eigenvalue weighted by molar-refractivity contribution is 5.92. The third kappa shape index (κ3) is 9.43. The molecule has 0 atom stereocenters. The van der Waals surface area contributed by atoms with Gasteiger partial charge in [-0.1, -0.05) is 0 Å². The maximum Gasteiger partial charge on any atom is 0.328 e. The molecule has 0 aromatic heterocycles. The highest BCUT2D eigenvalue weighted by atomic mass is 16.5. The van der Waals surface area contributed by atoms with Crippen LogP contribution in [0.1, 0.15) is 18.4 Å². The summed E-state index contributed by atoms with van der Waals surface area (Å²) in [6.45, 7) is 4.86. The molecule has 2 heterocycles. The second-order valence-electron chi connectivity index (χ2n) is 8.49. The van der Waals surface area contributed by atoms with Gasteiger partial charge in [-0.3, -0.25) is 14.5 Å². The van der Waals surface area contributed by atoms with Gasteiger partial charge in [0.15, 0.2) is 11.5 Å². The van der Waals surface area contributed by atoms with E-state index in [1.165, 1.54) is 0 Å². The van der Waals surface area contributed by atoms with Crippen LogP contribution in [0.15, 0.2) is 30.4 Å². The first kappa shape index (κ1) is 30.2. The number of benzene rings is 1. The van der Waals surface area contributed by atoms with Crippen molar-refractivity contribution in [3.8, 4) is 17.2 Å². The van der Waals surface area contributed by atoms with Crippen LogP contribution >= 0.6 is 0 Å². The van der Waals surface area contributed by atoms with Crippen molar-refractivity contribution in [3.05, 3.63) is 35.9 Å². The summed E-state index contributed by atoms with van der Waals surface area (Å²) in [7, 11) is 4.67. The number of amides is 2. The van der Waals surface area contributed by atoms with Gasteiger partial charge in [-0.15, -0.1) is 0 Å². The summed E-state index contributed by atoms with van der Waals surface area (Å²) in [5.41, 5.74) is 0.785. The third-order valence-corrected chi connectivity index (χ3v) is 5.98. The standard InChI is InChI=1S/C22H31N3O5.C4H4O4/c1-28-18-14-17(15-19(29-2)22(18)30-3)6-7-20(26)25-12-10-23(11-13-25)16-21(27)24-8-4-5-9-24;5-3(6)1-2-4(7)8/h6-7,14-15H,4-5,8-13,16H2,1-3H3;1-2H,(H,5,6)(H,7,8)/b7-6-;2-1-. The topological polar surface area (TPSA) is 146 Å². The summed E-state index contributed by atoms with van der Waals surface area (Å²) < 4.78 is 16.0. The Morgan fingerprint density at radius 3 is 1.74 bits per heavy atom. The van der Waals surface area contributed by atoms with Crippen LogP contribution in [-0.2, 0) is 19.2 Å². The minimum atomic E-state index is -1.26.